The molecule has 1 aliphatic carbocycles. The third kappa shape index (κ3) is 4.80. The zero-order valence-corrected chi connectivity index (χ0v) is 22.5. The molecule has 3 aliphatic heterocycles. The van der Waals surface area contributed by atoms with Crippen LogP contribution in [0.1, 0.15) is 30.9 Å². The number of nitrogens with one attached hydrogen (secondary N) is 1. The van der Waals surface area contributed by atoms with Crippen LogP contribution < -0.4 is 5.32 Å². The standard InChI is InChI=1S/C32H34F2N4O2/c1-21-36-32(23-6-10-25(33)11-7-23,24-8-12-26(34)13-9-24)31(40)38(21)20-27(39)19-37-16-14-22(15-17-37)29-18-35-30-5-3-2-4-28(29)30/h2-13,18,22,27-28,30,35,39H,14-17,19-20H2,1H3. The minimum atomic E-state index is -1.47. The number of aliphatic hydroxyl groups excluding tert-OH is 1. The van der Waals surface area contributed by atoms with Gasteiger partial charge in [0.05, 0.1) is 18.7 Å². The van der Waals surface area contributed by atoms with E-state index in [-0.39, 0.29) is 12.5 Å². The molecule has 1 amide bonds. The molecule has 40 heavy (non-hydrogen) atoms. The van der Waals surface area contributed by atoms with E-state index in [4.69, 9.17) is 4.99 Å². The number of carbonyl (C=O) groups is 1. The van der Waals surface area contributed by atoms with Gasteiger partial charge in [0.1, 0.15) is 17.5 Å². The van der Waals surface area contributed by atoms with Crippen LogP contribution in [-0.2, 0) is 10.3 Å². The average molecular weight is 545 g/mol. The summed E-state index contributed by atoms with van der Waals surface area (Å²) >= 11 is 0. The number of amides is 1. The largest absolute Gasteiger partial charge is 0.390 e. The van der Waals surface area contributed by atoms with Crippen molar-refractivity contribution >= 4 is 11.7 Å². The fourth-order valence-electron chi connectivity index (χ4n) is 6.61. The van der Waals surface area contributed by atoms with Crippen molar-refractivity contribution in [1.82, 2.24) is 15.1 Å². The number of aliphatic hydroxyl groups is 1. The van der Waals surface area contributed by atoms with Gasteiger partial charge in [-0.15, -0.1) is 0 Å². The number of rotatable bonds is 7. The van der Waals surface area contributed by atoms with Crippen LogP contribution in [0.2, 0.25) is 0 Å². The maximum absolute atomic E-state index is 14.0. The Bertz CT molecular complexity index is 1330. The molecule has 0 radical (unpaired) electrons. The second-order valence-corrected chi connectivity index (χ2v) is 11.2. The lowest BCUT2D eigenvalue weighted by Crippen LogP contribution is -2.48. The van der Waals surface area contributed by atoms with E-state index in [2.05, 4.69) is 40.7 Å². The highest BCUT2D eigenvalue weighted by molar-refractivity contribution is 6.09. The minimum absolute atomic E-state index is 0.0915. The first-order chi connectivity index (χ1) is 19.3. The number of piperidine rings is 1. The van der Waals surface area contributed by atoms with Gasteiger partial charge < -0.3 is 15.3 Å². The Kier molecular flexibility index (Phi) is 7.15. The Balaban J connectivity index is 1.12. The van der Waals surface area contributed by atoms with E-state index in [1.165, 1.54) is 59.0 Å². The maximum Gasteiger partial charge on any atom is 0.265 e. The number of nitrogens with zero attached hydrogens (tertiary/aromatic N) is 3. The van der Waals surface area contributed by atoms with E-state index >= 15 is 0 Å². The number of hydrogen-bond donors (Lipinski definition) is 2. The predicted octanol–water partition coefficient (Wildman–Crippen LogP) is 4.14. The summed E-state index contributed by atoms with van der Waals surface area (Å²) < 4.78 is 27.5. The third-order valence-electron chi connectivity index (χ3n) is 8.68. The van der Waals surface area contributed by atoms with Gasteiger partial charge in [0.2, 0.25) is 0 Å². The number of amidine groups is 1. The number of halogens is 2. The topological polar surface area (TPSA) is 68.2 Å². The fourth-order valence-corrected chi connectivity index (χ4v) is 6.61. The Morgan fingerprint density at radius 2 is 1.57 bits per heavy atom. The van der Waals surface area contributed by atoms with Gasteiger partial charge in [-0.3, -0.25) is 9.69 Å². The molecule has 208 valence electrons. The van der Waals surface area contributed by atoms with Gasteiger partial charge in [-0.05, 0) is 85.9 Å². The number of aliphatic imine (C=N–C) groups is 1. The van der Waals surface area contributed by atoms with Gasteiger partial charge in [-0.2, -0.15) is 0 Å². The first-order valence-electron chi connectivity index (χ1n) is 14.0. The number of fused-ring (bicyclic) bond motifs is 1. The van der Waals surface area contributed by atoms with Crippen molar-refractivity contribution in [1.29, 1.82) is 0 Å². The highest BCUT2D eigenvalue weighted by Crippen LogP contribution is 2.41. The molecule has 6 nitrogen and oxygen atoms in total. The Hall–Kier alpha value is -3.62. The van der Waals surface area contributed by atoms with Crippen molar-refractivity contribution in [2.24, 2.45) is 16.8 Å². The fraction of sp³-hybridized carbons (Fsp3) is 0.375. The molecule has 2 aromatic rings. The predicted molar refractivity (Wildman–Crippen MR) is 150 cm³/mol. The number of likely N-dealkylation sites (tertiary alicyclic amines) is 1. The Morgan fingerprint density at radius 3 is 2.20 bits per heavy atom. The van der Waals surface area contributed by atoms with E-state index in [1.807, 2.05) is 0 Å². The van der Waals surface area contributed by atoms with Gasteiger partial charge in [-0.25, -0.2) is 13.8 Å². The summed E-state index contributed by atoms with van der Waals surface area (Å²) in [5.41, 5.74) is 0.987. The first kappa shape index (κ1) is 26.6. The van der Waals surface area contributed by atoms with E-state index in [0.29, 0.717) is 41.4 Å². The van der Waals surface area contributed by atoms with Crippen molar-refractivity contribution in [2.45, 2.75) is 37.5 Å². The Labute approximate surface area is 233 Å². The zero-order valence-electron chi connectivity index (χ0n) is 22.5. The smallest absolute Gasteiger partial charge is 0.265 e. The van der Waals surface area contributed by atoms with Crippen LogP contribution in [0.3, 0.4) is 0 Å². The van der Waals surface area contributed by atoms with Crippen LogP contribution in [0, 0.1) is 23.5 Å². The summed E-state index contributed by atoms with van der Waals surface area (Å²) in [6, 6.07) is 11.7. The van der Waals surface area contributed by atoms with Crippen LogP contribution in [0.25, 0.3) is 0 Å². The SMILES string of the molecule is CC1=NC(c2ccc(F)cc2)(c2ccc(F)cc2)C(=O)N1CC(O)CN1CCC(C2=CNC3C=CC=CC23)CC1. The first-order valence-corrected chi connectivity index (χ1v) is 14.0. The molecular formula is C32H34F2N4O2. The molecule has 4 aliphatic rings. The quantitative estimate of drug-likeness (QED) is 0.550. The molecule has 0 saturated carbocycles. The highest BCUT2D eigenvalue weighted by atomic mass is 19.1. The number of carbonyl (C=O) groups excluding carboxylic acids is 1. The van der Waals surface area contributed by atoms with E-state index in [9.17, 15) is 18.7 Å². The molecule has 6 rings (SSSR count). The van der Waals surface area contributed by atoms with Gasteiger partial charge in [0, 0.05) is 12.5 Å². The molecule has 8 heteroatoms. The van der Waals surface area contributed by atoms with Crippen molar-refractivity contribution in [2.75, 3.05) is 26.2 Å². The Morgan fingerprint density at radius 1 is 0.975 bits per heavy atom. The molecule has 3 heterocycles. The van der Waals surface area contributed by atoms with Crippen molar-refractivity contribution in [3.63, 3.8) is 0 Å². The van der Waals surface area contributed by atoms with Crippen LogP contribution in [0.5, 0.6) is 0 Å². The summed E-state index contributed by atoms with van der Waals surface area (Å²) in [5.74, 6) is 0.221. The van der Waals surface area contributed by atoms with Gasteiger partial charge in [0.15, 0.2) is 5.54 Å². The van der Waals surface area contributed by atoms with Gasteiger partial charge >= 0.3 is 0 Å². The second-order valence-electron chi connectivity index (χ2n) is 11.2. The normalized spacial score (nSPS) is 25.0. The average Bonchev–Trinajstić information content (AvgIpc) is 3.50. The van der Waals surface area contributed by atoms with Crippen LogP contribution >= 0.6 is 0 Å². The molecule has 1 fully saturated rings. The summed E-state index contributed by atoms with van der Waals surface area (Å²) in [5, 5.41) is 14.6. The molecule has 2 N–H and O–H groups in total. The monoisotopic (exact) mass is 544 g/mol. The van der Waals surface area contributed by atoms with Gasteiger partial charge in [0.25, 0.3) is 5.91 Å². The lowest BCUT2D eigenvalue weighted by Gasteiger charge is -2.36. The van der Waals surface area contributed by atoms with E-state index < -0.39 is 23.3 Å². The minimum Gasteiger partial charge on any atom is -0.390 e. The van der Waals surface area contributed by atoms with Gasteiger partial charge in [-0.1, -0.05) is 48.6 Å². The maximum atomic E-state index is 14.0. The number of allylic oxidation sites excluding steroid dienone is 2. The van der Waals surface area contributed by atoms with Crippen LogP contribution in [0.4, 0.5) is 8.78 Å². The zero-order chi connectivity index (χ0) is 27.9. The lowest BCUT2D eigenvalue weighted by atomic mass is 9.80. The summed E-state index contributed by atoms with van der Waals surface area (Å²) in [6.07, 6.45) is 12.2. The summed E-state index contributed by atoms with van der Waals surface area (Å²) in [4.78, 5) is 22.6. The molecule has 1 saturated heterocycles. The molecule has 3 unspecified atom stereocenters. The van der Waals surface area contributed by atoms with Crippen molar-refractivity contribution in [3.8, 4) is 0 Å². The van der Waals surface area contributed by atoms with E-state index in [0.717, 1.165) is 25.9 Å². The van der Waals surface area contributed by atoms with Crippen LogP contribution in [0.15, 0.2) is 89.6 Å². The number of benzene rings is 2. The molecule has 0 aromatic heterocycles. The lowest BCUT2D eigenvalue weighted by molar-refractivity contribution is -0.131. The summed E-state index contributed by atoms with van der Waals surface area (Å²) in [7, 11) is 0. The molecule has 0 bridgehead atoms. The number of hydrogen-bond acceptors (Lipinski definition) is 5. The number of β-amino-alcohol motifs (C(OH)–C–C–N with tert-alkyl or cyclic N) is 1. The van der Waals surface area contributed by atoms with Crippen molar-refractivity contribution < 1.29 is 18.7 Å². The third-order valence-corrected chi connectivity index (χ3v) is 8.68. The molecule has 3 atom stereocenters. The van der Waals surface area contributed by atoms with Crippen molar-refractivity contribution in [3.05, 3.63) is 107 Å². The summed E-state index contributed by atoms with van der Waals surface area (Å²) in [6.45, 7) is 4.04. The van der Waals surface area contributed by atoms with E-state index in [1.54, 1.807) is 6.92 Å². The van der Waals surface area contributed by atoms with Crippen LogP contribution in [-0.4, -0.2) is 65.0 Å². The molecule has 0 spiro atoms. The molecule has 2 aromatic carbocycles. The second kappa shape index (κ2) is 10.7. The molecular weight excluding hydrogens is 510 g/mol. The highest BCUT2D eigenvalue weighted by Gasteiger charge is 2.50.